The molecular weight excluding hydrogens is 335 g/mol. The van der Waals surface area contributed by atoms with E-state index in [0.29, 0.717) is 12.5 Å². The number of halogens is 2. The topological polar surface area (TPSA) is 38.8 Å². The first kappa shape index (κ1) is 21.0. The maximum Gasteiger partial charge on any atom is 0.236 e. The van der Waals surface area contributed by atoms with Crippen LogP contribution < -0.4 is 5.32 Å². The smallest absolute Gasteiger partial charge is 0.236 e. The van der Waals surface area contributed by atoms with Gasteiger partial charge in [-0.3, -0.25) is 9.69 Å². The minimum atomic E-state index is 0. The molecule has 3 fully saturated rings. The van der Waals surface area contributed by atoms with Crippen molar-refractivity contribution in [3.63, 3.8) is 0 Å². The van der Waals surface area contributed by atoms with Crippen LogP contribution in [-0.2, 0) is 4.79 Å². The van der Waals surface area contributed by atoms with Gasteiger partial charge in [-0.25, -0.2) is 0 Å². The molecule has 5 nitrogen and oxygen atoms in total. The number of rotatable bonds is 3. The summed E-state index contributed by atoms with van der Waals surface area (Å²) in [6.45, 7) is 12.5. The van der Waals surface area contributed by atoms with Crippen LogP contribution in [0.5, 0.6) is 0 Å². The molecule has 1 amide bonds. The highest BCUT2D eigenvalue weighted by Crippen LogP contribution is 2.27. The number of piperazine rings is 1. The summed E-state index contributed by atoms with van der Waals surface area (Å²) in [7, 11) is 0. The van der Waals surface area contributed by atoms with E-state index in [1.807, 2.05) is 0 Å². The van der Waals surface area contributed by atoms with Crippen molar-refractivity contribution in [1.82, 2.24) is 20.0 Å². The first-order valence-corrected chi connectivity index (χ1v) is 8.69. The van der Waals surface area contributed by atoms with Gasteiger partial charge in [-0.15, -0.1) is 24.8 Å². The van der Waals surface area contributed by atoms with Crippen LogP contribution in [0.3, 0.4) is 0 Å². The molecule has 136 valence electrons. The van der Waals surface area contributed by atoms with Crippen molar-refractivity contribution in [3.8, 4) is 0 Å². The predicted octanol–water partition coefficient (Wildman–Crippen LogP) is 0.925. The van der Waals surface area contributed by atoms with E-state index in [0.717, 1.165) is 70.7 Å². The molecule has 0 aromatic rings. The fourth-order valence-electron chi connectivity index (χ4n) is 4.02. The third-order valence-corrected chi connectivity index (χ3v) is 5.64. The zero-order valence-corrected chi connectivity index (χ0v) is 15.8. The SMILES string of the molecule is CCN1CCN(CC(=O)N2CC[C@@H]3CNC[C@@H]3CC2)CC1.Cl.Cl. The van der Waals surface area contributed by atoms with Crippen LogP contribution in [0.2, 0.25) is 0 Å². The lowest BCUT2D eigenvalue weighted by Crippen LogP contribution is -2.50. The van der Waals surface area contributed by atoms with Crippen LogP contribution in [0.1, 0.15) is 19.8 Å². The normalized spacial score (nSPS) is 29.2. The van der Waals surface area contributed by atoms with E-state index in [-0.39, 0.29) is 24.8 Å². The fraction of sp³-hybridized carbons (Fsp3) is 0.938. The highest BCUT2D eigenvalue weighted by Gasteiger charge is 2.31. The molecule has 0 bridgehead atoms. The standard InChI is InChI=1S/C16H30N4O.2ClH/c1-2-18-7-9-19(10-8-18)13-16(21)20-5-3-14-11-17-12-15(14)4-6-20;;/h14-15,17H,2-13H2,1H3;2*1H/t14-,15+;;. The molecule has 3 aliphatic heterocycles. The summed E-state index contributed by atoms with van der Waals surface area (Å²) in [6, 6.07) is 0. The summed E-state index contributed by atoms with van der Waals surface area (Å²) in [5.74, 6) is 1.96. The van der Waals surface area contributed by atoms with Crippen LogP contribution in [0, 0.1) is 11.8 Å². The first-order valence-electron chi connectivity index (χ1n) is 8.69. The van der Waals surface area contributed by atoms with E-state index in [1.54, 1.807) is 0 Å². The van der Waals surface area contributed by atoms with E-state index in [4.69, 9.17) is 0 Å². The number of fused-ring (bicyclic) bond motifs is 1. The monoisotopic (exact) mass is 366 g/mol. The number of hydrogen-bond acceptors (Lipinski definition) is 4. The van der Waals surface area contributed by atoms with Gasteiger partial charge >= 0.3 is 0 Å². The number of amides is 1. The van der Waals surface area contributed by atoms with Crippen LogP contribution in [0.25, 0.3) is 0 Å². The van der Waals surface area contributed by atoms with Gasteiger partial charge in [0.05, 0.1) is 6.54 Å². The predicted molar refractivity (Wildman–Crippen MR) is 98.7 cm³/mol. The van der Waals surface area contributed by atoms with Crippen LogP contribution in [-0.4, -0.2) is 86.1 Å². The van der Waals surface area contributed by atoms with Gasteiger partial charge < -0.3 is 15.1 Å². The Labute approximate surface area is 152 Å². The molecule has 23 heavy (non-hydrogen) atoms. The minimum Gasteiger partial charge on any atom is -0.342 e. The molecule has 0 unspecified atom stereocenters. The Balaban J connectivity index is 0.00000132. The summed E-state index contributed by atoms with van der Waals surface area (Å²) >= 11 is 0. The molecular formula is C16H32Cl2N4O. The van der Waals surface area contributed by atoms with E-state index >= 15 is 0 Å². The van der Waals surface area contributed by atoms with E-state index < -0.39 is 0 Å². The molecule has 0 spiro atoms. The number of nitrogens with one attached hydrogen (secondary N) is 1. The van der Waals surface area contributed by atoms with Gasteiger partial charge in [0.2, 0.25) is 5.91 Å². The average Bonchev–Trinajstić information content (AvgIpc) is 2.86. The van der Waals surface area contributed by atoms with Crippen molar-refractivity contribution >= 4 is 30.7 Å². The largest absolute Gasteiger partial charge is 0.342 e. The quantitative estimate of drug-likeness (QED) is 0.806. The average molecular weight is 367 g/mol. The Bertz CT molecular complexity index is 350. The van der Waals surface area contributed by atoms with Gasteiger partial charge in [-0.2, -0.15) is 0 Å². The third kappa shape index (κ3) is 5.46. The molecule has 3 saturated heterocycles. The van der Waals surface area contributed by atoms with Crippen molar-refractivity contribution in [2.24, 2.45) is 11.8 Å². The minimum absolute atomic E-state index is 0. The van der Waals surface area contributed by atoms with E-state index in [9.17, 15) is 4.79 Å². The highest BCUT2D eigenvalue weighted by molar-refractivity contribution is 5.85. The number of carbonyl (C=O) groups is 1. The molecule has 0 aromatic carbocycles. The van der Waals surface area contributed by atoms with E-state index in [1.165, 1.54) is 12.8 Å². The van der Waals surface area contributed by atoms with Crippen LogP contribution in [0.15, 0.2) is 0 Å². The molecule has 1 N–H and O–H groups in total. The zero-order valence-electron chi connectivity index (χ0n) is 14.2. The van der Waals surface area contributed by atoms with Crippen molar-refractivity contribution < 1.29 is 4.79 Å². The first-order chi connectivity index (χ1) is 10.3. The van der Waals surface area contributed by atoms with Gasteiger partial charge in [-0.1, -0.05) is 6.92 Å². The Hall–Kier alpha value is -0.0700. The Morgan fingerprint density at radius 2 is 1.43 bits per heavy atom. The van der Waals surface area contributed by atoms with Crippen molar-refractivity contribution in [1.29, 1.82) is 0 Å². The summed E-state index contributed by atoms with van der Waals surface area (Å²) < 4.78 is 0. The van der Waals surface area contributed by atoms with Gasteiger partial charge in [0.1, 0.15) is 0 Å². The van der Waals surface area contributed by atoms with Crippen LogP contribution in [0.4, 0.5) is 0 Å². The second-order valence-electron chi connectivity index (χ2n) is 6.85. The maximum absolute atomic E-state index is 12.5. The lowest BCUT2D eigenvalue weighted by atomic mass is 9.92. The molecule has 0 aromatic heterocycles. The number of carbonyl (C=O) groups excluding carboxylic acids is 1. The van der Waals surface area contributed by atoms with Crippen molar-refractivity contribution in [2.75, 3.05) is 65.4 Å². The number of likely N-dealkylation sites (N-methyl/N-ethyl adjacent to an activating group) is 1. The Kier molecular flexibility index (Phi) is 9.16. The van der Waals surface area contributed by atoms with Gasteiger partial charge in [-0.05, 0) is 44.3 Å². The second-order valence-corrected chi connectivity index (χ2v) is 6.85. The van der Waals surface area contributed by atoms with Gasteiger partial charge in [0.15, 0.2) is 0 Å². The molecule has 0 saturated carbocycles. The number of likely N-dealkylation sites (tertiary alicyclic amines) is 1. The third-order valence-electron chi connectivity index (χ3n) is 5.64. The fourth-order valence-corrected chi connectivity index (χ4v) is 4.02. The molecule has 3 heterocycles. The summed E-state index contributed by atoms with van der Waals surface area (Å²) in [6.07, 6.45) is 2.38. The molecule has 0 radical (unpaired) electrons. The maximum atomic E-state index is 12.5. The van der Waals surface area contributed by atoms with Gasteiger partial charge in [0, 0.05) is 39.3 Å². The molecule has 0 aliphatic carbocycles. The van der Waals surface area contributed by atoms with Crippen molar-refractivity contribution in [2.45, 2.75) is 19.8 Å². The summed E-state index contributed by atoms with van der Waals surface area (Å²) in [5.41, 5.74) is 0. The molecule has 3 rings (SSSR count). The van der Waals surface area contributed by atoms with Crippen LogP contribution >= 0.6 is 24.8 Å². The highest BCUT2D eigenvalue weighted by atomic mass is 35.5. The lowest BCUT2D eigenvalue weighted by Gasteiger charge is -2.34. The lowest BCUT2D eigenvalue weighted by molar-refractivity contribution is -0.132. The summed E-state index contributed by atoms with van der Waals surface area (Å²) in [5, 5.41) is 3.50. The molecule has 7 heteroatoms. The molecule has 3 aliphatic rings. The second kappa shape index (κ2) is 10.0. The van der Waals surface area contributed by atoms with Gasteiger partial charge in [0.25, 0.3) is 0 Å². The molecule has 2 atom stereocenters. The number of hydrogen-bond donors (Lipinski definition) is 1. The van der Waals surface area contributed by atoms with Crippen molar-refractivity contribution in [3.05, 3.63) is 0 Å². The van der Waals surface area contributed by atoms with E-state index in [2.05, 4.69) is 26.9 Å². The number of nitrogens with zero attached hydrogens (tertiary/aromatic N) is 3. The summed E-state index contributed by atoms with van der Waals surface area (Å²) in [4.78, 5) is 19.5. The Morgan fingerprint density at radius 3 is 1.96 bits per heavy atom. The zero-order chi connectivity index (χ0) is 14.7. The Morgan fingerprint density at radius 1 is 0.913 bits per heavy atom.